The van der Waals surface area contributed by atoms with E-state index in [1.807, 2.05) is 18.7 Å². The average molecular weight is 521 g/mol. The molecule has 202 valence electrons. The maximum Gasteiger partial charge on any atom is 0.310 e. The standard InChI is InChI=1S/C28H44N2O5S/c1-6-9-11-15-29(14-8-3)26(33)24-28-13-12-21(36-28)22(27(34)35-16-10-7-2)23(28)25(32)30(24)20(18-31)17-19(4)5/h7-8,19-24,31H,2-3,6,9-18H2,1,4-5H3/t20-,21+,22-,23+,24?,28?/m1/s1. The lowest BCUT2D eigenvalue weighted by Crippen LogP contribution is -2.57. The number of rotatable bonds is 15. The van der Waals surface area contributed by atoms with Gasteiger partial charge in [-0.15, -0.1) is 24.9 Å². The molecule has 6 atom stereocenters. The van der Waals surface area contributed by atoms with Crippen LogP contribution in [0.1, 0.15) is 65.7 Å². The van der Waals surface area contributed by atoms with Crippen LogP contribution in [0.2, 0.25) is 0 Å². The van der Waals surface area contributed by atoms with Crippen molar-refractivity contribution in [2.75, 3.05) is 26.3 Å². The molecule has 36 heavy (non-hydrogen) atoms. The number of esters is 1. The smallest absolute Gasteiger partial charge is 0.310 e. The number of carbonyl (C=O) groups excluding carboxylic acids is 3. The van der Waals surface area contributed by atoms with E-state index in [1.165, 1.54) is 0 Å². The van der Waals surface area contributed by atoms with Gasteiger partial charge >= 0.3 is 5.97 Å². The Morgan fingerprint density at radius 1 is 1.31 bits per heavy atom. The molecule has 0 aliphatic carbocycles. The highest BCUT2D eigenvalue weighted by Crippen LogP contribution is 2.67. The number of aliphatic hydroxyl groups is 1. The summed E-state index contributed by atoms with van der Waals surface area (Å²) in [5, 5.41) is 10.3. The molecule has 0 radical (unpaired) electrons. The number of likely N-dealkylation sites (tertiary alicyclic amines) is 1. The highest BCUT2D eigenvalue weighted by atomic mass is 32.2. The van der Waals surface area contributed by atoms with Crippen molar-refractivity contribution in [2.45, 2.75) is 87.8 Å². The summed E-state index contributed by atoms with van der Waals surface area (Å²) in [7, 11) is 0. The fourth-order valence-corrected chi connectivity index (χ4v) is 8.55. The zero-order valence-electron chi connectivity index (χ0n) is 22.2. The minimum absolute atomic E-state index is 0.0294. The molecule has 7 nitrogen and oxygen atoms in total. The first-order valence-corrected chi connectivity index (χ1v) is 14.4. The number of fused-ring (bicyclic) bond motifs is 1. The quantitative estimate of drug-likeness (QED) is 0.201. The second-order valence-electron chi connectivity index (χ2n) is 10.8. The number of hydrogen-bond acceptors (Lipinski definition) is 6. The first-order chi connectivity index (χ1) is 17.3. The number of ether oxygens (including phenoxy) is 1. The van der Waals surface area contributed by atoms with Crippen LogP contribution >= 0.6 is 11.8 Å². The molecule has 3 aliphatic heterocycles. The molecule has 3 saturated heterocycles. The highest BCUT2D eigenvalue weighted by Gasteiger charge is 2.74. The minimum atomic E-state index is -0.701. The number of thioether (sulfide) groups is 1. The lowest BCUT2D eigenvalue weighted by atomic mass is 9.71. The molecule has 2 bridgehead atoms. The van der Waals surface area contributed by atoms with Gasteiger partial charge in [0.05, 0.1) is 35.8 Å². The van der Waals surface area contributed by atoms with Crippen LogP contribution in [0.15, 0.2) is 25.3 Å². The molecule has 0 saturated carbocycles. The lowest BCUT2D eigenvalue weighted by molar-refractivity contribution is -0.154. The normalized spacial score (nSPS) is 29.4. The number of carbonyl (C=O) groups is 3. The first-order valence-electron chi connectivity index (χ1n) is 13.5. The van der Waals surface area contributed by atoms with E-state index in [0.717, 1.165) is 25.7 Å². The Labute approximate surface area is 220 Å². The summed E-state index contributed by atoms with van der Waals surface area (Å²) < 4.78 is 4.88. The zero-order chi connectivity index (χ0) is 26.5. The van der Waals surface area contributed by atoms with Crippen LogP contribution in [0.25, 0.3) is 0 Å². The van der Waals surface area contributed by atoms with Gasteiger partial charge in [-0.1, -0.05) is 45.8 Å². The largest absolute Gasteiger partial charge is 0.465 e. The molecule has 0 aromatic carbocycles. The van der Waals surface area contributed by atoms with Gasteiger partial charge in [-0.3, -0.25) is 14.4 Å². The van der Waals surface area contributed by atoms with Crippen LogP contribution in [0, 0.1) is 17.8 Å². The Morgan fingerprint density at radius 3 is 2.67 bits per heavy atom. The number of nitrogens with zero attached hydrogens (tertiary/aromatic N) is 2. The molecule has 3 heterocycles. The van der Waals surface area contributed by atoms with E-state index in [9.17, 15) is 19.5 Å². The van der Waals surface area contributed by atoms with Crippen molar-refractivity contribution in [3.05, 3.63) is 25.3 Å². The summed E-state index contributed by atoms with van der Waals surface area (Å²) in [5.74, 6) is -1.54. The van der Waals surface area contributed by atoms with Crippen LogP contribution in [0.5, 0.6) is 0 Å². The van der Waals surface area contributed by atoms with E-state index < -0.39 is 28.7 Å². The molecule has 1 N–H and O–H groups in total. The minimum Gasteiger partial charge on any atom is -0.465 e. The van der Waals surface area contributed by atoms with E-state index in [0.29, 0.717) is 32.4 Å². The van der Waals surface area contributed by atoms with Crippen LogP contribution in [0.3, 0.4) is 0 Å². The van der Waals surface area contributed by atoms with Gasteiger partial charge in [-0.05, 0) is 38.0 Å². The van der Waals surface area contributed by atoms with Crippen molar-refractivity contribution in [3.8, 4) is 0 Å². The molecule has 3 aliphatic rings. The molecule has 3 rings (SSSR count). The number of amides is 2. The topological polar surface area (TPSA) is 87.2 Å². The maximum atomic E-state index is 14.3. The molecule has 2 amide bonds. The fraction of sp³-hybridized carbons (Fsp3) is 0.750. The van der Waals surface area contributed by atoms with Crippen molar-refractivity contribution >= 4 is 29.5 Å². The van der Waals surface area contributed by atoms with E-state index in [2.05, 4.69) is 20.1 Å². The second-order valence-corrected chi connectivity index (χ2v) is 12.4. The summed E-state index contributed by atoms with van der Waals surface area (Å²) in [6.07, 6.45) is 9.02. The highest BCUT2D eigenvalue weighted by molar-refractivity contribution is 8.02. The number of aliphatic hydroxyl groups excluding tert-OH is 1. The van der Waals surface area contributed by atoms with Gasteiger partial charge in [0.25, 0.3) is 0 Å². The van der Waals surface area contributed by atoms with Crippen LogP contribution < -0.4 is 0 Å². The third-order valence-corrected chi connectivity index (χ3v) is 9.80. The van der Waals surface area contributed by atoms with Gasteiger partial charge in [0, 0.05) is 18.3 Å². The third-order valence-electron chi connectivity index (χ3n) is 7.85. The summed E-state index contributed by atoms with van der Waals surface area (Å²) in [6.45, 7) is 14.8. The first kappa shape index (κ1) is 28.8. The Bertz CT molecular complexity index is 833. The van der Waals surface area contributed by atoms with Gasteiger partial charge in [0.2, 0.25) is 11.8 Å². The van der Waals surface area contributed by atoms with Crippen LogP contribution in [0.4, 0.5) is 0 Å². The summed E-state index contributed by atoms with van der Waals surface area (Å²) in [6, 6.07) is -1.17. The van der Waals surface area contributed by atoms with Gasteiger partial charge in [-0.2, -0.15) is 0 Å². The fourth-order valence-electron chi connectivity index (χ4n) is 6.36. The molecule has 3 fully saturated rings. The molecule has 1 spiro atoms. The van der Waals surface area contributed by atoms with Gasteiger partial charge in [-0.25, -0.2) is 0 Å². The van der Waals surface area contributed by atoms with Gasteiger partial charge < -0.3 is 19.6 Å². The maximum absolute atomic E-state index is 14.3. The van der Waals surface area contributed by atoms with E-state index >= 15 is 0 Å². The van der Waals surface area contributed by atoms with E-state index in [-0.39, 0.29) is 42.2 Å². The van der Waals surface area contributed by atoms with Crippen molar-refractivity contribution < 1.29 is 24.2 Å². The third kappa shape index (κ3) is 5.40. The average Bonchev–Trinajstić information content (AvgIpc) is 3.49. The molecule has 0 aromatic heterocycles. The Morgan fingerprint density at radius 2 is 2.06 bits per heavy atom. The molecule has 2 unspecified atom stereocenters. The molecule has 0 aromatic rings. The lowest BCUT2D eigenvalue weighted by Gasteiger charge is -2.40. The molecular weight excluding hydrogens is 476 g/mol. The van der Waals surface area contributed by atoms with Crippen LogP contribution in [-0.4, -0.2) is 81.1 Å². The SMILES string of the molecule is C=CCCOC(=O)[C@@H]1[C@@H]2CCC3(S2)C(C(=O)N(CC=C)CCCCC)N([C@@H](CO)CC(C)C)C(=O)[C@H]13. The summed E-state index contributed by atoms with van der Waals surface area (Å²) in [5.41, 5.74) is 0. The predicted molar refractivity (Wildman–Crippen MR) is 143 cm³/mol. The predicted octanol–water partition coefficient (Wildman–Crippen LogP) is 3.81. The summed E-state index contributed by atoms with van der Waals surface area (Å²) >= 11 is 1.64. The molecular formula is C28H44N2O5S. The van der Waals surface area contributed by atoms with Gasteiger partial charge in [0.15, 0.2) is 0 Å². The molecule has 8 heteroatoms. The second kappa shape index (κ2) is 12.6. The summed E-state index contributed by atoms with van der Waals surface area (Å²) in [4.78, 5) is 45.1. The monoisotopic (exact) mass is 520 g/mol. The van der Waals surface area contributed by atoms with Crippen molar-refractivity contribution in [2.24, 2.45) is 17.8 Å². The number of hydrogen-bond donors (Lipinski definition) is 1. The van der Waals surface area contributed by atoms with Crippen molar-refractivity contribution in [1.82, 2.24) is 9.80 Å². The Hall–Kier alpha value is -1.80. The van der Waals surface area contributed by atoms with Gasteiger partial charge in [0.1, 0.15) is 6.04 Å². The van der Waals surface area contributed by atoms with Crippen LogP contribution in [-0.2, 0) is 19.1 Å². The Kier molecular flexibility index (Phi) is 10.1. The zero-order valence-corrected chi connectivity index (χ0v) is 23.0. The Balaban J connectivity index is 2.01. The van der Waals surface area contributed by atoms with E-state index in [1.54, 1.807) is 28.8 Å². The van der Waals surface area contributed by atoms with Crippen molar-refractivity contribution in [3.63, 3.8) is 0 Å². The van der Waals surface area contributed by atoms with E-state index in [4.69, 9.17) is 4.74 Å². The van der Waals surface area contributed by atoms with Crippen molar-refractivity contribution in [1.29, 1.82) is 0 Å². The number of unbranched alkanes of at least 4 members (excludes halogenated alkanes) is 2.